The first-order chi connectivity index (χ1) is 17.4. The Morgan fingerprint density at radius 1 is 1.08 bits per heavy atom. The molecule has 0 unspecified atom stereocenters. The van der Waals surface area contributed by atoms with Gasteiger partial charge in [0.25, 0.3) is 5.91 Å². The Balaban J connectivity index is 1.67. The fourth-order valence-corrected chi connectivity index (χ4v) is 3.74. The summed E-state index contributed by atoms with van der Waals surface area (Å²) in [5, 5.41) is 21.6. The van der Waals surface area contributed by atoms with Gasteiger partial charge in [0.05, 0.1) is 17.7 Å². The highest BCUT2D eigenvalue weighted by Gasteiger charge is 2.15. The van der Waals surface area contributed by atoms with Crippen molar-refractivity contribution in [3.8, 4) is 17.6 Å². The van der Waals surface area contributed by atoms with Crippen LogP contribution in [0.4, 0.5) is 0 Å². The van der Waals surface area contributed by atoms with Gasteiger partial charge in [0.1, 0.15) is 18.2 Å². The molecule has 0 bridgehead atoms. The predicted molar refractivity (Wildman–Crippen MR) is 137 cm³/mol. The molecule has 3 rings (SSSR count). The monoisotopic (exact) mass is 504 g/mol. The van der Waals surface area contributed by atoms with Crippen LogP contribution in [0.3, 0.4) is 0 Å². The van der Waals surface area contributed by atoms with Crippen molar-refractivity contribution in [2.75, 3.05) is 13.7 Å². The van der Waals surface area contributed by atoms with Gasteiger partial charge < -0.3 is 19.9 Å². The van der Waals surface area contributed by atoms with Gasteiger partial charge in [-0.3, -0.25) is 4.79 Å². The van der Waals surface area contributed by atoms with Crippen LogP contribution < -0.4 is 14.8 Å². The van der Waals surface area contributed by atoms with Crippen molar-refractivity contribution in [3.63, 3.8) is 0 Å². The van der Waals surface area contributed by atoms with Crippen LogP contribution in [-0.2, 0) is 17.8 Å². The zero-order chi connectivity index (χ0) is 25.9. The van der Waals surface area contributed by atoms with E-state index in [0.717, 1.165) is 12.8 Å². The summed E-state index contributed by atoms with van der Waals surface area (Å²) >= 11 is 6.42. The van der Waals surface area contributed by atoms with E-state index in [1.54, 1.807) is 24.3 Å². The zero-order valence-corrected chi connectivity index (χ0v) is 20.4. The molecule has 0 atom stereocenters. The van der Waals surface area contributed by atoms with Crippen LogP contribution in [0.2, 0.25) is 5.02 Å². The van der Waals surface area contributed by atoms with E-state index in [1.165, 1.54) is 30.9 Å². The molecule has 0 aromatic heterocycles. The van der Waals surface area contributed by atoms with E-state index in [-0.39, 0.29) is 28.5 Å². The fourth-order valence-electron chi connectivity index (χ4n) is 3.46. The topological polar surface area (TPSA) is 109 Å². The molecule has 0 radical (unpaired) electrons. The maximum absolute atomic E-state index is 12.5. The summed E-state index contributed by atoms with van der Waals surface area (Å²) in [6.07, 6.45) is 3.00. The second-order valence-corrected chi connectivity index (χ2v) is 8.25. The van der Waals surface area contributed by atoms with E-state index in [0.29, 0.717) is 23.4 Å². The average Bonchev–Trinajstić information content (AvgIpc) is 2.89. The quantitative estimate of drug-likeness (QED) is 0.209. The van der Waals surface area contributed by atoms with E-state index in [1.807, 2.05) is 36.4 Å². The summed E-state index contributed by atoms with van der Waals surface area (Å²) in [7, 11) is 1.45. The second-order valence-electron chi connectivity index (χ2n) is 7.84. The van der Waals surface area contributed by atoms with E-state index >= 15 is 0 Å². The summed E-state index contributed by atoms with van der Waals surface area (Å²) < 4.78 is 11.2. The highest BCUT2D eigenvalue weighted by molar-refractivity contribution is 6.32. The molecule has 0 aliphatic heterocycles. The molecule has 0 saturated heterocycles. The van der Waals surface area contributed by atoms with Crippen molar-refractivity contribution in [1.82, 2.24) is 5.32 Å². The van der Waals surface area contributed by atoms with Crippen molar-refractivity contribution < 1.29 is 24.2 Å². The molecule has 36 heavy (non-hydrogen) atoms. The molecule has 0 spiro atoms. The normalized spacial score (nSPS) is 10.9. The first kappa shape index (κ1) is 26.3. The van der Waals surface area contributed by atoms with Crippen molar-refractivity contribution in [3.05, 3.63) is 99.6 Å². The van der Waals surface area contributed by atoms with Gasteiger partial charge in [-0.05, 0) is 59.9 Å². The lowest BCUT2D eigenvalue weighted by atomic mass is 10.1. The predicted octanol–water partition coefficient (Wildman–Crippen LogP) is 5.28. The van der Waals surface area contributed by atoms with E-state index in [9.17, 15) is 14.9 Å². The molecule has 0 fully saturated rings. The summed E-state index contributed by atoms with van der Waals surface area (Å²) in [6, 6.07) is 21.4. The standard InChI is InChI=1S/C28H25ClN2O5/c1-35-25-16-21(14-23(17-30)27(32)31-12-6-10-19-7-3-2-4-8-19)15-24(29)26(25)36-18-20-9-5-11-22(13-20)28(33)34/h2-5,7-9,11,13-16H,6,10,12,18H2,1H3,(H,31,32)(H,33,34)/b23-14-. The fraction of sp³-hybridized carbons (Fsp3) is 0.179. The number of hydrogen-bond donors (Lipinski definition) is 2. The van der Waals surface area contributed by atoms with Crippen LogP contribution in [0.1, 0.15) is 33.5 Å². The Labute approximate surface area is 214 Å². The molecular weight excluding hydrogens is 480 g/mol. The van der Waals surface area contributed by atoms with Crippen molar-refractivity contribution in [2.45, 2.75) is 19.4 Å². The Hall–Kier alpha value is -4.28. The van der Waals surface area contributed by atoms with Gasteiger partial charge in [0, 0.05) is 6.54 Å². The molecule has 8 heteroatoms. The third-order valence-electron chi connectivity index (χ3n) is 5.26. The van der Waals surface area contributed by atoms with Crippen molar-refractivity contribution in [2.24, 2.45) is 0 Å². The number of rotatable bonds is 11. The third-order valence-corrected chi connectivity index (χ3v) is 5.54. The van der Waals surface area contributed by atoms with Gasteiger partial charge >= 0.3 is 5.97 Å². The summed E-state index contributed by atoms with van der Waals surface area (Å²) in [5.41, 5.74) is 2.41. The van der Waals surface area contributed by atoms with Gasteiger partial charge in [0.2, 0.25) is 0 Å². The lowest BCUT2D eigenvalue weighted by molar-refractivity contribution is -0.117. The average molecular weight is 505 g/mol. The number of nitrogens with one attached hydrogen (secondary N) is 1. The first-order valence-electron chi connectivity index (χ1n) is 11.2. The van der Waals surface area contributed by atoms with E-state index in [4.69, 9.17) is 26.2 Å². The summed E-state index contributed by atoms with van der Waals surface area (Å²) in [6.45, 7) is 0.508. The third kappa shape index (κ3) is 7.36. The highest BCUT2D eigenvalue weighted by atomic mass is 35.5. The Morgan fingerprint density at radius 3 is 2.53 bits per heavy atom. The Morgan fingerprint density at radius 2 is 1.83 bits per heavy atom. The van der Waals surface area contributed by atoms with Gasteiger partial charge in [-0.1, -0.05) is 54.1 Å². The number of aryl methyl sites for hydroxylation is 1. The van der Waals surface area contributed by atoms with Gasteiger partial charge in [0.15, 0.2) is 11.5 Å². The van der Waals surface area contributed by atoms with E-state index < -0.39 is 11.9 Å². The van der Waals surface area contributed by atoms with Crippen LogP contribution in [-0.4, -0.2) is 30.6 Å². The number of carbonyl (C=O) groups is 2. The van der Waals surface area contributed by atoms with Crippen LogP contribution >= 0.6 is 11.6 Å². The molecule has 0 aliphatic carbocycles. The number of nitriles is 1. The van der Waals surface area contributed by atoms with Crippen LogP contribution in [0.15, 0.2) is 72.3 Å². The number of carboxylic acid groups (broad SMARTS) is 1. The minimum absolute atomic E-state index is 0.0630. The molecule has 1 amide bonds. The number of hydrogen-bond acceptors (Lipinski definition) is 5. The molecule has 3 aromatic carbocycles. The zero-order valence-electron chi connectivity index (χ0n) is 19.7. The Kier molecular flexibility index (Phi) is 9.49. The summed E-state index contributed by atoms with van der Waals surface area (Å²) in [4.78, 5) is 23.7. The molecule has 0 saturated carbocycles. The number of amides is 1. The number of carboxylic acids is 1. The number of ether oxygens (including phenoxy) is 2. The second kappa shape index (κ2) is 13.0. The van der Waals surface area contributed by atoms with Crippen LogP contribution in [0, 0.1) is 11.3 Å². The minimum atomic E-state index is -1.03. The minimum Gasteiger partial charge on any atom is -0.493 e. The number of methoxy groups -OCH3 is 1. The first-order valence-corrected chi connectivity index (χ1v) is 11.6. The molecule has 7 nitrogen and oxygen atoms in total. The maximum Gasteiger partial charge on any atom is 0.335 e. The van der Waals surface area contributed by atoms with Crippen molar-refractivity contribution in [1.29, 1.82) is 5.26 Å². The maximum atomic E-state index is 12.5. The lowest BCUT2D eigenvalue weighted by Crippen LogP contribution is -2.25. The van der Waals surface area contributed by atoms with Gasteiger partial charge in [-0.15, -0.1) is 0 Å². The smallest absolute Gasteiger partial charge is 0.335 e. The van der Waals surface area contributed by atoms with E-state index in [2.05, 4.69) is 5.32 Å². The number of carbonyl (C=O) groups excluding carboxylic acids is 1. The molecule has 184 valence electrons. The molecule has 2 N–H and O–H groups in total. The summed E-state index contributed by atoms with van der Waals surface area (Å²) in [5.74, 6) is -0.930. The number of benzene rings is 3. The highest BCUT2D eigenvalue weighted by Crippen LogP contribution is 2.37. The van der Waals surface area contributed by atoms with Crippen LogP contribution in [0.5, 0.6) is 11.5 Å². The molecular formula is C28H25ClN2O5. The lowest BCUT2D eigenvalue weighted by Gasteiger charge is -2.14. The van der Waals surface area contributed by atoms with Crippen LogP contribution in [0.25, 0.3) is 6.08 Å². The van der Waals surface area contributed by atoms with Gasteiger partial charge in [-0.25, -0.2) is 4.79 Å². The molecule has 0 aliphatic rings. The Bertz CT molecular complexity index is 1300. The number of aromatic carboxylic acids is 1. The van der Waals surface area contributed by atoms with Crippen molar-refractivity contribution >= 4 is 29.6 Å². The molecule has 3 aromatic rings. The number of halogens is 1. The van der Waals surface area contributed by atoms with Gasteiger partial charge in [-0.2, -0.15) is 5.26 Å². The SMILES string of the molecule is COc1cc(/C=C(/C#N)C(=O)NCCCc2ccccc2)cc(Cl)c1OCc1cccc(C(=O)O)c1. The largest absolute Gasteiger partial charge is 0.493 e. The number of nitrogens with zero attached hydrogens (tertiary/aromatic N) is 1. The molecule has 0 heterocycles.